The Labute approximate surface area is 195 Å². The van der Waals surface area contributed by atoms with Crippen LogP contribution in [0.5, 0.6) is 5.75 Å². The molecule has 0 aliphatic heterocycles. The average Bonchev–Trinajstić information content (AvgIpc) is 3.23. The Bertz CT molecular complexity index is 1310. The molecule has 0 saturated carbocycles. The molecule has 0 saturated heterocycles. The molecule has 1 atom stereocenters. The molecule has 0 aliphatic carbocycles. The number of imidazole rings is 1. The smallest absolute Gasteiger partial charge is 0.416 e. The molecule has 2 heterocycles. The van der Waals surface area contributed by atoms with E-state index in [2.05, 4.69) is 10.3 Å². The first-order chi connectivity index (χ1) is 16.2. The second-order valence-electron chi connectivity index (χ2n) is 8.12. The highest BCUT2D eigenvalue weighted by Crippen LogP contribution is 2.32. The number of benzene rings is 2. The van der Waals surface area contributed by atoms with E-state index in [-0.39, 0.29) is 24.8 Å². The van der Waals surface area contributed by atoms with Crippen LogP contribution in [0.2, 0.25) is 0 Å². The SMILES string of the molecule is COc1cccc(C(CC(=O)NCc2cccc(C(F)(F)F)c2)c2cnc3cc(C)ccn23)c1. The standard InChI is InChI=1S/C26H24F3N3O2/c1-17-9-10-32-23(16-30-24(32)11-17)22(19-6-4-8-21(13-19)34-2)14-25(33)31-15-18-5-3-7-20(12-18)26(27,28)29/h3-13,16,22H,14-15H2,1-2H3,(H,31,33). The van der Waals surface area contributed by atoms with E-state index >= 15 is 0 Å². The van der Waals surface area contributed by atoms with Crippen LogP contribution >= 0.6 is 0 Å². The van der Waals surface area contributed by atoms with Gasteiger partial charge in [-0.1, -0.05) is 24.3 Å². The fourth-order valence-corrected chi connectivity index (χ4v) is 3.93. The van der Waals surface area contributed by atoms with Crippen LogP contribution in [0, 0.1) is 6.92 Å². The van der Waals surface area contributed by atoms with Crippen LogP contribution in [0.3, 0.4) is 0 Å². The Kier molecular flexibility index (Phi) is 6.58. The van der Waals surface area contributed by atoms with Gasteiger partial charge in [0.25, 0.3) is 0 Å². The van der Waals surface area contributed by atoms with Gasteiger partial charge in [0, 0.05) is 31.3 Å². The third kappa shape index (κ3) is 5.22. The number of halogens is 3. The Morgan fingerprint density at radius 1 is 1.12 bits per heavy atom. The third-order valence-corrected chi connectivity index (χ3v) is 5.68. The van der Waals surface area contributed by atoms with Crippen molar-refractivity contribution >= 4 is 11.6 Å². The number of carbonyl (C=O) groups is 1. The number of pyridine rings is 1. The van der Waals surface area contributed by atoms with Crippen molar-refractivity contribution in [3.63, 3.8) is 0 Å². The normalized spacial score (nSPS) is 12.5. The van der Waals surface area contributed by atoms with Gasteiger partial charge < -0.3 is 14.5 Å². The molecule has 34 heavy (non-hydrogen) atoms. The number of aryl methyl sites for hydroxylation is 1. The van der Waals surface area contributed by atoms with E-state index in [0.29, 0.717) is 11.3 Å². The largest absolute Gasteiger partial charge is 0.497 e. The number of ether oxygens (including phenoxy) is 1. The highest BCUT2D eigenvalue weighted by Gasteiger charge is 2.30. The lowest BCUT2D eigenvalue weighted by Gasteiger charge is -2.18. The zero-order valence-electron chi connectivity index (χ0n) is 18.8. The first-order valence-electron chi connectivity index (χ1n) is 10.7. The maximum atomic E-state index is 13.0. The van der Waals surface area contributed by atoms with Crippen LogP contribution in [0.1, 0.15) is 40.3 Å². The van der Waals surface area contributed by atoms with Crippen molar-refractivity contribution in [2.24, 2.45) is 0 Å². The van der Waals surface area contributed by atoms with Gasteiger partial charge in [-0.2, -0.15) is 13.2 Å². The van der Waals surface area contributed by atoms with Crippen molar-refractivity contribution in [2.75, 3.05) is 7.11 Å². The maximum absolute atomic E-state index is 13.0. The number of fused-ring (bicyclic) bond motifs is 1. The van der Waals surface area contributed by atoms with Crippen molar-refractivity contribution in [1.29, 1.82) is 0 Å². The van der Waals surface area contributed by atoms with Crippen LogP contribution in [-0.4, -0.2) is 22.4 Å². The summed E-state index contributed by atoms with van der Waals surface area (Å²) in [6.07, 6.45) is -0.674. The Hall–Kier alpha value is -3.81. The van der Waals surface area contributed by atoms with Crippen molar-refractivity contribution in [3.05, 3.63) is 101 Å². The lowest BCUT2D eigenvalue weighted by atomic mass is 9.92. The zero-order valence-corrected chi connectivity index (χ0v) is 18.8. The van der Waals surface area contributed by atoms with Crippen LogP contribution in [0.15, 0.2) is 73.1 Å². The summed E-state index contributed by atoms with van der Waals surface area (Å²) in [5.41, 5.74) is 3.18. The van der Waals surface area contributed by atoms with Gasteiger partial charge in [0.1, 0.15) is 11.4 Å². The Morgan fingerprint density at radius 3 is 2.68 bits per heavy atom. The molecule has 4 aromatic rings. The molecule has 1 N–H and O–H groups in total. The van der Waals surface area contributed by atoms with Gasteiger partial charge in [0.2, 0.25) is 5.91 Å². The monoisotopic (exact) mass is 467 g/mol. The summed E-state index contributed by atoms with van der Waals surface area (Å²) in [6, 6.07) is 16.4. The number of rotatable bonds is 7. The number of methoxy groups -OCH3 is 1. The van der Waals surface area contributed by atoms with E-state index in [0.717, 1.165) is 34.6 Å². The van der Waals surface area contributed by atoms with Gasteiger partial charge in [-0.25, -0.2) is 4.98 Å². The summed E-state index contributed by atoms with van der Waals surface area (Å²) in [6.45, 7) is 1.98. The second kappa shape index (κ2) is 9.59. The zero-order chi connectivity index (χ0) is 24.3. The fraction of sp³-hybridized carbons (Fsp3) is 0.231. The molecule has 0 radical (unpaired) electrons. The van der Waals surface area contributed by atoms with E-state index in [1.54, 1.807) is 19.4 Å². The number of hydrogen-bond donors (Lipinski definition) is 1. The number of nitrogens with zero attached hydrogens (tertiary/aromatic N) is 2. The second-order valence-corrected chi connectivity index (χ2v) is 8.12. The molecule has 8 heteroatoms. The van der Waals surface area contributed by atoms with Gasteiger partial charge in [0.15, 0.2) is 0 Å². The molecule has 5 nitrogen and oxygen atoms in total. The summed E-state index contributed by atoms with van der Waals surface area (Å²) in [4.78, 5) is 17.4. The minimum absolute atomic E-state index is 0.0000682. The lowest BCUT2D eigenvalue weighted by Crippen LogP contribution is -2.25. The van der Waals surface area contributed by atoms with E-state index < -0.39 is 11.7 Å². The van der Waals surface area contributed by atoms with E-state index in [4.69, 9.17) is 4.74 Å². The van der Waals surface area contributed by atoms with Gasteiger partial charge in [-0.3, -0.25) is 4.79 Å². The van der Waals surface area contributed by atoms with Gasteiger partial charge in [0.05, 0.1) is 18.4 Å². The maximum Gasteiger partial charge on any atom is 0.416 e. The first-order valence-corrected chi connectivity index (χ1v) is 10.7. The van der Waals surface area contributed by atoms with Crippen molar-refractivity contribution in [1.82, 2.24) is 14.7 Å². The minimum Gasteiger partial charge on any atom is -0.497 e. The minimum atomic E-state index is -4.43. The topological polar surface area (TPSA) is 55.6 Å². The molecular weight excluding hydrogens is 443 g/mol. The highest BCUT2D eigenvalue weighted by atomic mass is 19.4. The van der Waals surface area contributed by atoms with E-state index in [1.165, 1.54) is 6.07 Å². The quantitative estimate of drug-likeness (QED) is 0.390. The number of alkyl halides is 3. The Balaban J connectivity index is 1.59. The lowest BCUT2D eigenvalue weighted by molar-refractivity contribution is -0.137. The molecule has 1 unspecified atom stereocenters. The van der Waals surface area contributed by atoms with Crippen molar-refractivity contribution in [3.8, 4) is 5.75 Å². The molecule has 1 amide bonds. The molecule has 2 aromatic carbocycles. The number of amides is 1. The predicted molar refractivity (Wildman–Crippen MR) is 123 cm³/mol. The van der Waals surface area contributed by atoms with Gasteiger partial charge in [-0.15, -0.1) is 0 Å². The van der Waals surface area contributed by atoms with E-state index in [9.17, 15) is 18.0 Å². The number of carbonyl (C=O) groups excluding carboxylic acids is 1. The molecule has 0 spiro atoms. The molecule has 2 aromatic heterocycles. The summed E-state index contributed by atoms with van der Waals surface area (Å²) in [7, 11) is 1.58. The summed E-state index contributed by atoms with van der Waals surface area (Å²) >= 11 is 0. The summed E-state index contributed by atoms with van der Waals surface area (Å²) in [5.74, 6) is 0.0400. The van der Waals surface area contributed by atoms with Crippen molar-refractivity contribution in [2.45, 2.75) is 32.0 Å². The number of hydrogen-bond acceptors (Lipinski definition) is 3. The molecular formula is C26H24F3N3O2. The van der Waals surface area contributed by atoms with Crippen LogP contribution in [0.4, 0.5) is 13.2 Å². The van der Waals surface area contributed by atoms with Crippen LogP contribution in [-0.2, 0) is 17.5 Å². The predicted octanol–water partition coefficient (Wildman–Crippen LogP) is 5.51. The number of aromatic nitrogens is 2. The molecule has 4 rings (SSSR count). The first kappa shape index (κ1) is 23.4. The molecule has 0 fully saturated rings. The third-order valence-electron chi connectivity index (χ3n) is 5.68. The molecule has 0 aliphatic rings. The van der Waals surface area contributed by atoms with Crippen molar-refractivity contribution < 1.29 is 22.7 Å². The summed E-state index contributed by atoms with van der Waals surface area (Å²) < 4.78 is 46.3. The Morgan fingerprint density at radius 2 is 1.91 bits per heavy atom. The van der Waals surface area contributed by atoms with Crippen LogP contribution < -0.4 is 10.1 Å². The van der Waals surface area contributed by atoms with E-state index in [1.807, 2.05) is 53.9 Å². The number of nitrogens with one attached hydrogen (secondary N) is 1. The molecule has 176 valence electrons. The van der Waals surface area contributed by atoms with Gasteiger partial charge >= 0.3 is 6.18 Å². The summed E-state index contributed by atoms with van der Waals surface area (Å²) in [5, 5.41) is 2.76. The fourth-order valence-electron chi connectivity index (χ4n) is 3.93. The van der Waals surface area contributed by atoms with Gasteiger partial charge in [-0.05, 0) is 60.0 Å². The average molecular weight is 467 g/mol. The molecule has 0 bridgehead atoms. The highest BCUT2D eigenvalue weighted by molar-refractivity contribution is 5.77. The van der Waals surface area contributed by atoms with Crippen LogP contribution in [0.25, 0.3) is 5.65 Å².